The van der Waals surface area contributed by atoms with Gasteiger partial charge in [0.05, 0.1) is 14.7 Å². The standard InChI is InChI=1S/C86H88N2O3Si/c1-60(2)54-64-20-36-77(37-21-64)87(81-44-28-70(29-45-81)68-16-11-9-12-17-68)79-40-24-66(25-41-79)56-72-58-75(34-50-84(72)89)86(7,74-32-48-83(49-33-74)91-52-15-53-92(8)62(5)63(92)6)76-35-51-85(90)73(59-76)57-67-26-42-80(43-27-67)88(78-38-22-65(23-39-78)55-61(3)4)82-46-30-71(31-47-82)69-18-13-10-14-19-69/h9-14,16-51,58-63,89-90H,15,52-57H2,1-8H3. The van der Waals surface area contributed by atoms with E-state index in [1.807, 2.05) is 12.1 Å². The molecule has 0 amide bonds. The highest BCUT2D eigenvalue weighted by Crippen LogP contribution is 2.61. The Morgan fingerprint density at radius 1 is 0.402 bits per heavy atom. The van der Waals surface area contributed by atoms with Crippen molar-refractivity contribution < 1.29 is 14.9 Å². The lowest BCUT2D eigenvalue weighted by atomic mass is 9.70. The predicted molar refractivity (Wildman–Crippen MR) is 389 cm³/mol. The summed E-state index contributed by atoms with van der Waals surface area (Å²) in [5.74, 6) is 2.50. The van der Waals surface area contributed by atoms with Crippen LogP contribution in [-0.2, 0) is 31.1 Å². The van der Waals surface area contributed by atoms with Gasteiger partial charge in [0.25, 0.3) is 0 Å². The van der Waals surface area contributed by atoms with Crippen molar-refractivity contribution in [2.75, 3.05) is 16.4 Å². The number of nitrogens with zero attached hydrogens (tertiary/aromatic N) is 2. The minimum absolute atomic E-state index is 0.248. The third-order valence-electron chi connectivity index (χ3n) is 19.9. The highest BCUT2D eigenvalue weighted by Gasteiger charge is 2.56. The molecule has 1 aliphatic heterocycles. The molecule has 5 nitrogen and oxygen atoms in total. The smallest absolute Gasteiger partial charge is 0.119 e. The summed E-state index contributed by atoms with van der Waals surface area (Å²) < 4.78 is 6.45. The molecule has 0 aromatic heterocycles. The molecule has 2 N–H and O–H groups in total. The minimum atomic E-state index is -1.15. The van der Waals surface area contributed by atoms with Crippen molar-refractivity contribution in [2.45, 2.75) is 110 Å². The van der Waals surface area contributed by atoms with Gasteiger partial charge in [-0.3, -0.25) is 0 Å². The maximum Gasteiger partial charge on any atom is 0.119 e. The first-order valence-corrected chi connectivity index (χ1v) is 36.1. The van der Waals surface area contributed by atoms with Crippen molar-refractivity contribution in [3.63, 3.8) is 0 Å². The molecule has 0 radical (unpaired) electrons. The van der Waals surface area contributed by atoms with Crippen LogP contribution in [0.4, 0.5) is 34.1 Å². The maximum absolute atomic E-state index is 11.8. The summed E-state index contributed by atoms with van der Waals surface area (Å²) in [4.78, 5) is 4.65. The first-order chi connectivity index (χ1) is 44.6. The van der Waals surface area contributed by atoms with Crippen molar-refractivity contribution >= 4 is 42.2 Å². The van der Waals surface area contributed by atoms with Gasteiger partial charge in [0.2, 0.25) is 0 Å². The molecule has 11 aromatic rings. The summed E-state index contributed by atoms with van der Waals surface area (Å²) in [5, 5.41) is 23.6. The molecule has 464 valence electrons. The number of phenolic OH excluding ortho intramolecular Hbond substituents is 2. The van der Waals surface area contributed by atoms with Crippen LogP contribution in [-0.4, -0.2) is 24.9 Å². The number of hydrogen-bond donors (Lipinski definition) is 2. The molecule has 1 fully saturated rings. The van der Waals surface area contributed by atoms with E-state index in [1.54, 1.807) is 0 Å². The molecule has 6 heteroatoms. The van der Waals surface area contributed by atoms with Gasteiger partial charge < -0.3 is 24.7 Å². The van der Waals surface area contributed by atoms with E-state index >= 15 is 0 Å². The topological polar surface area (TPSA) is 56.2 Å². The molecule has 0 spiro atoms. The van der Waals surface area contributed by atoms with Crippen LogP contribution in [0.3, 0.4) is 0 Å². The predicted octanol–water partition coefficient (Wildman–Crippen LogP) is 22.9. The highest BCUT2D eigenvalue weighted by atomic mass is 28.3. The average Bonchev–Trinajstić information content (AvgIpc) is 1.35. The molecule has 1 aliphatic rings. The summed E-state index contributed by atoms with van der Waals surface area (Å²) in [5.41, 5.74) is 21.9. The number of aromatic hydroxyl groups is 2. The minimum Gasteiger partial charge on any atom is -0.508 e. The molecule has 2 unspecified atom stereocenters. The fourth-order valence-electron chi connectivity index (χ4n) is 13.9. The molecule has 92 heavy (non-hydrogen) atoms. The molecule has 12 rings (SSSR count). The fraction of sp³-hybridized carbons (Fsp3) is 0.233. The zero-order chi connectivity index (χ0) is 63.9. The van der Waals surface area contributed by atoms with E-state index in [9.17, 15) is 10.2 Å². The van der Waals surface area contributed by atoms with E-state index in [-0.39, 0.29) is 11.5 Å². The number of rotatable bonds is 24. The van der Waals surface area contributed by atoms with Crippen LogP contribution in [0, 0.1) is 11.8 Å². The fourth-order valence-corrected chi connectivity index (χ4v) is 18.7. The summed E-state index contributed by atoms with van der Waals surface area (Å²) in [6, 6.07) is 96.4. The molecular weight excluding hydrogens is 1140 g/mol. The SMILES string of the molecule is CC(C)Cc1ccc(N(c2ccc(Cc3cc(C(C)(c4ccc(OCCC[Si]5(C)C(C)C5C)cc4)c4ccc(O)c(Cc5ccc(N(c6ccc(CC(C)C)cc6)c6ccc(-c7ccccc7)cc6)cc5)c4)ccc3O)cc2)c2ccc(-c3ccccc3)cc2)cc1. The second kappa shape index (κ2) is 27.6. The zero-order valence-electron chi connectivity index (χ0n) is 54.9. The van der Waals surface area contributed by atoms with Crippen molar-refractivity contribution in [1.29, 1.82) is 0 Å². The third-order valence-corrected chi connectivity index (χ3v) is 26.1. The third kappa shape index (κ3) is 14.1. The second-order valence-electron chi connectivity index (χ2n) is 27.1. The van der Waals surface area contributed by atoms with Crippen LogP contribution >= 0.6 is 0 Å². The summed E-state index contributed by atoms with van der Waals surface area (Å²) in [6.07, 6.45) is 4.18. The molecule has 1 heterocycles. The van der Waals surface area contributed by atoms with Gasteiger partial charge in [-0.2, -0.15) is 0 Å². The molecule has 2 atom stereocenters. The van der Waals surface area contributed by atoms with Crippen molar-refractivity contribution in [3.05, 3.63) is 317 Å². The Labute approximate surface area is 548 Å². The number of anilines is 6. The number of benzene rings is 11. The quantitative estimate of drug-likeness (QED) is 0.0359. The van der Waals surface area contributed by atoms with Gasteiger partial charge in [-0.1, -0.05) is 224 Å². The van der Waals surface area contributed by atoms with Crippen molar-refractivity contribution in [2.24, 2.45) is 11.8 Å². The van der Waals surface area contributed by atoms with Crippen LogP contribution in [0.2, 0.25) is 23.7 Å². The van der Waals surface area contributed by atoms with Crippen molar-refractivity contribution in [3.8, 4) is 39.5 Å². The van der Waals surface area contributed by atoms with E-state index in [4.69, 9.17) is 4.74 Å². The number of phenols is 2. The first-order valence-electron chi connectivity index (χ1n) is 33.2. The van der Waals surface area contributed by atoms with Crippen LogP contribution in [0.25, 0.3) is 22.3 Å². The normalized spacial score (nSPS) is 15.4. The van der Waals surface area contributed by atoms with Crippen LogP contribution in [0.15, 0.2) is 267 Å². The first kappa shape index (κ1) is 62.8. The monoisotopic (exact) mass is 1220 g/mol. The zero-order valence-corrected chi connectivity index (χ0v) is 55.9. The van der Waals surface area contributed by atoms with Crippen LogP contribution < -0.4 is 14.5 Å². The molecular formula is C86H88N2O3Si. The second-order valence-corrected chi connectivity index (χ2v) is 32.4. The van der Waals surface area contributed by atoms with Gasteiger partial charge in [-0.25, -0.2) is 0 Å². The Bertz CT molecular complexity index is 3960. The molecule has 0 saturated carbocycles. The Morgan fingerprint density at radius 2 is 0.728 bits per heavy atom. The Morgan fingerprint density at radius 3 is 1.08 bits per heavy atom. The van der Waals surface area contributed by atoms with E-state index in [0.717, 1.165) is 109 Å². The van der Waals surface area contributed by atoms with Crippen LogP contribution in [0.1, 0.15) is 105 Å². The maximum atomic E-state index is 11.8. The van der Waals surface area contributed by atoms with E-state index < -0.39 is 13.5 Å². The largest absolute Gasteiger partial charge is 0.508 e. The van der Waals surface area contributed by atoms with Gasteiger partial charge in [-0.15, -0.1) is 0 Å². The molecule has 1 saturated heterocycles. The summed E-state index contributed by atoms with van der Waals surface area (Å²) in [7, 11) is -1.15. The van der Waals surface area contributed by atoms with Gasteiger partial charge in [-0.05, 0) is 218 Å². The number of hydrogen-bond acceptors (Lipinski definition) is 5. The van der Waals surface area contributed by atoms with Crippen LogP contribution in [0.5, 0.6) is 17.2 Å². The van der Waals surface area contributed by atoms with Gasteiger partial charge >= 0.3 is 0 Å². The van der Waals surface area contributed by atoms with E-state index in [2.05, 4.69) is 320 Å². The lowest BCUT2D eigenvalue weighted by Crippen LogP contribution is -2.26. The van der Waals surface area contributed by atoms with Gasteiger partial charge in [0, 0.05) is 52.4 Å². The Balaban J connectivity index is 0.845. The summed E-state index contributed by atoms with van der Waals surface area (Å²) >= 11 is 0. The number of ether oxygens (including phenoxy) is 1. The molecule has 0 aliphatic carbocycles. The lowest BCUT2D eigenvalue weighted by molar-refractivity contribution is 0.316. The van der Waals surface area contributed by atoms with Crippen molar-refractivity contribution in [1.82, 2.24) is 0 Å². The summed E-state index contributed by atoms with van der Waals surface area (Å²) in [6.45, 7) is 19.5. The lowest BCUT2D eigenvalue weighted by Gasteiger charge is -2.33. The Kier molecular flexibility index (Phi) is 18.9. The van der Waals surface area contributed by atoms with E-state index in [1.165, 1.54) is 39.4 Å². The highest BCUT2D eigenvalue weighted by molar-refractivity contribution is 6.91. The van der Waals surface area contributed by atoms with Gasteiger partial charge in [0.1, 0.15) is 17.2 Å². The van der Waals surface area contributed by atoms with E-state index in [0.29, 0.717) is 31.3 Å². The molecule has 0 bridgehead atoms. The average molecular weight is 1230 g/mol. The molecule has 11 aromatic carbocycles. The van der Waals surface area contributed by atoms with Gasteiger partial charge in [0.15, 0.2) is 0 Å². The Hall–Kier alpha value is -9.36.